The maximum atomic E-state index is 5.69. The molecule has 0 aliphatic carbocycles. The zero-order valence-electron chi connectivity index (χ0n) is 12.7. The zero-order valence-corrected chi connectivity index (χ0v) is 12.7. The Balaban J connectivity index is 1.79. The third-order valence-corrected chi connectivity index (χ3v) is 4.59. The highest BCUT2D eigenvalue weighted by atomic mass is 16.5. The van der Waals surface area contributed by atoms with Gasteiger partial charge in [0.05, 0.1) is 13.2 Å². The topological polar surface area (TPSA) is 15.7 Å². The Morgan fingerprint density at radius 2 is 2.16 bits per heavy atom. The van der Waals surface area contributed by atoms with Crippen LogP contribution in [0.5, 0.6) is 0 Å². The normalized spacial score (nSPS) is 28.8. The number of ether oxygens (including phenoxy) is 1. The zero-order chi connectivity index (χ0) is 13.7. The summed E-state index contributed by atoms with van der Waals surface area (Å²) in [5, 5.41) is 0. The van der Waals surface area contributed by atoms with E-state index in [9.17, 15) is 0 Å². The Hall–Kier alpha value is -0.380. The largest absolute Gasteiger partial charge is 0.380 e. The summed E-state index contributed by atoms with van der Waals surface area (Å²) in [7, 11) is 0. The monoisotopic (exact) mass is 266 g/mol. The third-order valence-electron chi connectivity index (χ3n) is 4.59. The highest BCUT2D eigenvalue weighted by Gasteiger charge is 2.36. The molecule has 0 N–H and O–H groups in total. The fraction of sp³-hybridized carbons (Fsp3) is 0.875. The Bertz CT molecular complexity index is 280. The second kappa shape index (κ2) is 7.41. The van der Waals surface area contributed by atoms with Gasteiger partial charge in [0.15, 0.2) is 0 Å². The Morgan fingerprint density at radius 1 is 1.32 bits per heavy atom. The lowest BCUT2D eigenvalue weighted by Crippen LogP contribution is -2.58. The predicted octanol–water partition coefficient (Wildman–Crippen LogP) is 2.38. The van der Waals surface area contributed by atoms with E-state index < -0.39 is 0 Å². The molecule has 0 amide bonds. The van der Waals surface area contributed by atoms with Gasteiger partial charge in [-0.25, -0.2) is 0 Å². The smallest absolute Gasteiger partial charge is 0.0593 e. The molecule has 0 aromatic heterocycles. The number of fused-ring (bicyclic) bond motifs is 1. The van der Waals surface area contributed by atoms with E-state index in [1.54, 1.807) is 0 Å². The molecule has 2 aliphatic heterocycles. The van der Waals surface area contributed by atoms with Crippen LogP contribution in [0.3, 0.4) is 0 Å². The molecule has 2 rings (SSSR count). The first-order valence-electron chi connectivity index (χ1n) is 7.89. The van der Waals surface area contributed by atoms with Crippen LogP contribution in [0.15, 0.2) is 12.7 Å². The first kappa shape index (κ1) is 15.0. The number of piperazine rings is 1. The van der Waals surface area contributed by atoms with Gasteiger partial charge in [0.25, 0.3) is 0 Å². The van der Waals surface area contributed by atoms with Crippen molar-refractivity contribution in [1.82, 2.24) is 9.80 Å². The van der Waals surface area contributed by atoms with Gasteiger partial charge in [0, 0.05) is 31.7 Å². The van der Waals surface area contributed by atoms with Gasteiger partial charge in [-0.05, 0) is 31.7 Å². The third kappa shape index (κ3) is 4.04. The van der Waals surface area contributed by atoms with Crippen molar-refractivity contribution in [3.8, 4) is 0 Å². The summed E-state index contributed by atoms with van der Waals surface area (Å²) in [4.78, 5) is 5.38. The molecule has 0 spiro atoms. The average Bonchev–Trinajstić information content (AvgIpc) is 2.84. The van der Waals surface area contributed by atoms with Crippen molar-refractivity contribution in [2.75, 3.05) is 39.4 Å². The molecular weight excluding hydrogens is 236 g/mol. The summed E-state index contributed by atoms with van der Waals surface area (Å²) in [6, 6.07) is 1.51. The van der Waals surface area contributed by atoms with Crippen LogP contribution in [0.25, 0.3) is 0 Å². The maximum absolute atomic E-state index is 5.69. The summed E-state index contributed by atoms with van der Waals surface area (Å²) in [5.41, 5.74) is 0. The molecule has 0 aromatic carbocycles. The van der Waals surface area contributed by atoms with E-state index >= 15 is 0 Å². The van der Waals surface area contributed by atoms with Crippen molar-refractivity contribution < 1.29 is 4.74 Å². The molecule has 3 heteroatoms. The van der Waals surface area contributed by atoms with E-state index in [1.165, 1.54) is 32.5 Å². The molecule has 2 unspecified atom stereocenters. The molecule has 19 heavy (non-hydrogen) atoms. The van der Waals surface area contributed by atoms with E-state index in [0.717, 1.165) is 38.1 Å². The number of hydrogen-bond acceptors (Lipinski definition) is 3. The van der Waals surface area contributed by atoms with Gasteiger partial charge < -0.3 is 4.74 Å². The van der Waals surface area contributed by atoms with E-state index in [1.807, 2.05) is 6.08 Å². The maximum Gasteiger partial charge on any atom is 0.0593 e. The van der Waals surface area contributed by atoms with Gasteiger partial charge in [-0.15, -0.1) is 6.58 Å². The van der Waals surface area contributed by atoms with Crippen LogP contribution in [-0.4, -0.2) is 61.3 Å². The van der Waals surface area contributed by atoms with Gasteiger partial charge in [-0.1, -0.05) is 19.9 Å². The lowest BCUT2D eigenvalue weighted by atomic mass is 9.97. The molecular formula is C16H30N2O. The Morgan fingerprint density at radius 3 is 2.89 bits per heavy atom. The minimum Gasteiger partial charge on any atom is -0.380 e. The first-order chi connectivity index (χ1) is 9.22. The lowest BCUT2D eigenvalue weighted by molar-refractivity contribution is 0.00805. The minimum absolute atomic E-state index is 0.706. The molecule has 2 saturated heterocycles. The molecule has 3 nitrogen and oxygen atoms in total. The standard InChI is InChI=1S/C16H30N2O/c1-4-5-10-19-11-9-18-12-15-7-6-8-17(15)13-16(18)14(2)3/h4,14-16H,1,5-13H2,2-3H3. The van der Waals surface area contributed by atoms with E-state index in [4.69, 9.17) is 4.74 Å². The Kier molecular flexibility index (Phi) is 5.86. The first-order valence-corrected chi connectivity index (χ1v) is 7.89. The molecule has 2 fully saturated rings. The fourth-order valence-electron chi connectivity index (χ4n) is 3.44. The quantitative estimate of drug-likeness (QED) is 0.520. The highest BCUT2D eigenvalue weighted by Crippen LogP contribution is 2.27. The number of hydrogen-bond donors (Lipinski definition) is 0. The molecule has 0 radical (unpaired) electrons. The number of rotatable bonds is 7. The predicted molar refractivity (Wildman–Crippen MR) is 80.4 cm³/mol. The van der Waals surface area contributed by atoms with Crippen molar-refractivity contribution in [3.05, 3.63) is 12.7 Å². The van der Waals surface area contributed by atoms with Gasteiger partial charge in [0.2, 0.25) is 0 Å². The van der Waals surface area contributed by atoms with Crippen LogP contribution in [0.1, 0.15) is 33.1 Å². The van der Waals surface area contributed by atoms with Crippen molar-refractivity contribution in [1.29, 1.82) is 0 Å². The van der Waals surface area contributed by atoms with Crippen molar-refractivity contribution >= 4 is 0 Å². The van der Waals surface area contributed by atoms with E-state index in [-0.39, 0.29) is 0 Å². The Labute approximate surface area is 118 Å². The molecule has 2 heterocycles. The van der Waals surface area contributed by atoms with Crippen LogP contribution in [0, 0.1) is 5.92 Å². The van der Waals surface area contributed by atoms with Gasteiger partial charge in [-0.2, -0.15) is 0 Å². The average molecular weight is 266 g/mol. The van der Waals surface area contributed by atoms with Crippen molar-refractivity contribution in [2.45, 2.75) is 45.2 Å². The van der Waals surface area contributed by atoms with Crippen LogP contribution >= 0.6 is 0 Å². The van der Waals surface area contributed by atoms with Crippen LogP contribution in [0.2, 0.25) is 0 Å². The molecule has 110 valence electrons. The van der Waals surface area contributed by atoms with E-state index in [0.29, 0.717) is 6.04 Å². The molecule has 0 aromatic rings. The lowest BCUT2D eigenvalue weighted by Gasteiger charge is -2.45. The minimum atomic E-state index is 0.706. The molecule has 2 aliphatic rings. The van der Waals surface area contributed by atoms with Crippen LogP contribution < -0.4 is 0 Å². The summed E-state index contributed by atoms with van der Waals surface area (Å²) in [5.74, 6) is 0.731. The second-order valence-electron chi connectivity index (χ2n) is 6.29. The highest BCUT2D eigenvalue weighted by molar-refractivity contribution is 4.93. The summed E-state index contributed by atoms with van der Waals surface area (Å²) >= 11 is 0. The molecule has 2 atom stereocenters. The van der Waals surface area contributed by atoms with Crippen LogP contribution in [0.4, 0.5) is 0 Å². The number of nitrogens with zero attached hydrogens (tertiary/aromatic N) is 2. The summed E-state index contributed by atoms with van der Waals surface area (Å²) < 4.78 is 5.69. The van der Waals surface area contributed by atoms with Crippen LogP contribution in [-0.2, 0) is 4.74 Å². The van der Waals surface area contributed by atoms with Crippen molar-refractivity contribution in [3.63, 3.8) is 0 Å². The fourth-order valence-corrected chi connectivity index (χ4v) is 3.44. The SMILES string of the molecule is C=CCCOCCN1CC2CCCN2CC1C(C)C. The van der Waals surface area contributed by atoms with Gasteiger partial charge >= 0.3 is 0 Å². The van der Waals surface area contributed by atoms with E-state index in [2.05, 4.69) is 30.2 Å². The van der Waals surface area contributed by atoms with Gasteiger partial charge in [-0.3, -0.25) is 9.80 Å². The van der Waals surface area contributed by atoms with Gasteiger partial charge in [0.1, 0.15) is 0 Å². The summed E-state index contributed by atoms with van der Waals surface area (Å²) in [6.07, 6.45) is 5.66. The van der Waals surface area contributed by atoms with Crippen molar-refractivity contribution in [2.24, 2.45) is 5.92 Å². The molecule has 0 bridgehead atoms. The summed E-state index contributed by atoms with van der Waals surface area (Å²) in [6.45, 7) is 15.0. The second-order valence-corrected chi connectivity index (χ2v) is 6.29. The molecule has 0 saturated carbocycles.